The molecule has 0 spiro atoms. The zero-order chi connectivity index (χ0) is 52.0. The molecule has 0 heterocycles. The number of ether oxygens (including phenoxy) is 4. The van der Waals surface area contributed by atoms with E-state index in [1.54, 1.807) is 0 Å². The predicted molar refractivity (Wildman–Crippen MR) is 299 cm³/mol. The molecule has 0 aliphatic carbocycles. The number of carbonyl (C=O) groups excluding carboxylic acids is 2. The molecule has 0 aromatic carbocycles. The molecule has 0 aromatic heterocycles. The summed E-state index contributed by atoms with van der Waals surface area (Å²) in [5.74, 6) is -2.04. The number of esters is 2. The Morgan fingerprint density at radius 1 is 0.437 bits per heavy atom. The number of carbonyl (C=O) groups is 3. The van der Waals surface area contributed by atoms with Gasteiger partial charge in [-0.2, -0.15) is 0 Å². The molecule has 2 unspecified atom stereocenters. The first-order valence-corrected chi connectivity index (χ1v) is 28.4. The van der Waals surface area contributed by atoms with Crippen LogP contribution in [0.15, 0.2) is 97.2 Å². The van der Waals surface area contributed by atoms with Crippen molar-refractivity contribution in [2.45, 2.75) is 232 Å². The van der Waals surface area contributed by atoms with Gasteiger partial charge in [-0.3, -0.25) is 9.59 Å². The van der Waals surface area contributed by atoms with E-state index in [0.717, 1.165) is 103 Å². The van der Waals surface area contributed by atoms with Crippen LogP contribution in [0.2, 0.25) is 0 Å². The Morgan fingerprint density at radius 2 is 0.803 bits per heavy atom. The third-order valence-corrected chi connectivity index (χ3v) is 11.8. The van der Waals surface area contributed by atoms with Gasteiger partial charge in [0, 0.05) is 12.8 Å². The van der Waals surface area contributed by atoms with Gasteiger partial charge in [-0.25, -0.2) is 4.79 Å². The van der Waals surface area contributed by atoms with Gasteiger partial charge in [-0.1, -0.05) is 207 Å². The standard InChI is InChI=1S/C62H105NO8/c1-6-8-10-12-14-16-18-20-22-24-26-28-29-30-31-33-35-37-39-41-43-45-47-49-51-53-60(65)71-58(57-70-62(61(66)67)68-55-54-63(3,4)5)56-69-59(64)52-50-48-46-44-42-40-38-36-34-32-27-25-23-21-19-17-15-13-11-9-7-2/h8,10,14,16,19-22,25-28,30-31,34,36,58,62H,6-7,9,11-13,15,17-18,23-24,29,32-33,35,37-57H2,1-5H3/p+1/b10-8-,16-14-,21-19-,22-20-,27-25-,28-26-,31-30-,36-34-. The lowest BCUT2D eigenvalue weighted by Gasteiger charge is -2.25. The smallest absolute Gasteiger partial charge is 0.361 e. The van der Waals surface area contributed by atoms with Crippen LogP contribution in [0, 0.1) is 0 Å². The summed E-state index contributed by atoms with van der Waals surface area (Å²) < 4.78 is 22.9. The highest BCUT2D eigenvalue weighted by atomic mass is 16.7. The van der Waals surface area contributed by atoms with Gasteiger partial charge in [0.2, 0.25) is 0 Å². The number of carboxylic acids is 1. The second-order valence-corrected chi connectivity index (χ2v) is 19.9. The van der Waals surface area contributed by atoms with Gasteiger partial charge in [-0.15, -0.1) is 0 Å². The van der Waals surface area contributed by atoms with Crippen molar-refractivity contribution in [1.82, 2.24) is 0 Å². The van der Waals surface area contributed by atoms with Gasteiger partial charge in [0.1, 0.15) is 13.2 Å². The predicted octanol–water partition coefficient (Wildman–Crippen LogP) is 16.6. The molecular formula is C62H106NO8+. The van der Waals surface area contributed by atoms with Crippen molar-refractivity contribution in [3.05, 3.63) is 97.2 Å². The van der Waals surface area contributed by atoms with Gasteiger partial charge in [0.25, 0.3) is 6.29 Å². The topological polar surface area (TPSA) is 108 Å². The van der Waals surface area contributed by atoms with Gasteiger partial charge < -0.3 is 28.5 Å². The van der Waals surface area contributed by atoms with Crippen molar-refractivity contribution in [3.63, 3.8) is 0 Å². The molecule has 406 valence electrons. The largest absolute Gasteiger partial charge is 0.477 e. The molecule has 71 heavy (non-hydrogen) atoms. The summed E-state index contributed by atoms with van der Waals surface area (Å²) in [6, 6.07) is 0. The van der Waals surface area contributed by atoms with Crippen LogP contribution in [0.3, 0.4) is 0 Å². The van der Waals surface area contributed by atoms with Crippen LogP contribution in [0.4, 0.5) is 0 Å². The Labute approximate surface area is 435 Å². The highest BCUT2D eigenvalue weighted by Gasteiger charge is 2.25. The Kier molecular flexibility index (Phi) is 49.7. The Morgan fingerprint density at radius 3 is 1.20 bits per heavy atom. The Hall–Kier alpha value is -3.79. The number of unbranched alkanes of at least 4 members (excludes halogenated alkanes) is 20. The van der Waals surface area contributed by atoms with E-state index in [1.807, 2.05) is 21.1 Å². The summed E-state index contributed by atoms with van der Waals surface area (Å²) >= 11 is 0. The van der Waals surface area contributed by atoms with Crippen molar-refractivity contribution in [2.24, 2.45) is 0 Å². The van der Waals surface area contributed by atoms with Gasteiger partial charge in [0.05, 0.1) is 34.4 Å². The third-order valence-electron chi connectivity index (χ3n) is 11.8. The lowest BCUT2D eigenvalue weighted by Crippen LogP contribution is -2.40. The summed E-state index contributed by atoms with van der Waals surface area (Å²) in [6.45, 7) is 4.72. The molecule has 2 atom stereocenters. The maximum Gasteiger partial charge on any atom is 0.361 e. The van der Waals surface area contributed by atoms with Crippen LogP contribution in [0.1, 0.15) is 219 Å². The van der Waals surface area contributed by atoms with Crippen LogP contribution < -0.4 is 0 Å². The zero-order valence-electron chi connectivity index (χ0n) is 46.1. The first-order valence-electron chi connectivity index (χ1n) is 28.4. The highest BCUT2D eigenvalue weighted by Crippen LogP contribution is 2.14. The normalized spacial score (nSPS) is 13.5. The lowest BCUT2D eigenvalue weighted by molar-refractivity contribution is -0.870. The number of allylic oxidation sites excluding steroid dienone is 16. The number of aliphatic carboxylic acids is 1. The fourth-order valence-electron chi connectivity index (χ4n) is 7.46. The lowest BCUT2D eigenvalue weighted by atomic mass is 10.1. The van der Waals surface area contributed by atoms with Crippen molar-refractivity contribution in [1.29, 1.82) is 0 Å². The van der Waals surface area contributed by atoms with Crippen molar-refractivity contribution in [2.75, 3.05) is 47.5 Å². The minimum atomic E-state index is -1.52. The Balaban J connectivity index is 4.33. The Bertz CT molecular complexity index is 1480. The van der Waals surface area contributed by atoms with E-state index in [1.165, 1.54) is 83.5 Å². The molecule has 0 radical (unpaired) electrons. The molecular weight excluding hydrogens is 887 g/mol. The number of likely N-dealkylation sites (N-methyl/N-ethyl adjacent to an activating group) is 1. The highest BCUT2D eigenvalue weighted by molar-refractivity contribution is 5.71. The average molecular weight is 994 g/mol. The molecule has 0 bridgehead atoms. The minimum Gasteiger partial charge on any atom is -0.477 e. The number of nitrogens with zero attached hydrogens (tertiary/aromatic N) is 1. The van der Waals surface area contributed by atoms with Gasteiger partial charge >= 0.3 is 17.9 Å². The second kappa shape index (κ2) is 52.5. The number of hydrogen-bond acceptors (Lipinski definition) is 7. The number of rotatable bonds is 51. The second-order valence-electron chi connectivity index (χ2n) is 19.9. The summed E-state index contributed by atoms with van der Waals surface area (Å²) in [6.07, 6.45) is 67.6. The van der Waals surface area contributed by atoms with E-state index >= 15 is 0 Å². The van der Waals surface area contributed by atoms with E-state index < -0.39 is 24.3 Å². The van der Waals surface area contributed by atoms with Crippen LogP contribution in [0.25, 0.3) is 0 Å². The van der Waals surface area contributed by atoms with E-state index in [0.29, 0.717) is 17.4 Å². The molecule has 0 amide bonds. The molecule has 0 aromatic rings. The van der Waals surface area contributed by atoms with Crippen LogP contribution >= 0.6 is 0 Å². The van der Waals surface area contributed by atoms with Crippen LogP contribution in [-0.2, 0) is 33.3 Å². The molecule has 0 saturated heterocycles. The molecule has 0 aliphatic heterocycles. The SMILES string of the molecule is CC/C=C\C/C=C\C/C=C\C/C=C\C/C=C\CCCCCCCCCCCC(=O)OC(COC(=O)CCCCCCCC/C=C\C/C=C\C/C=C\CCCCCCC)COC(OCC[N+](C)(C)C)C(=O)O. The monoisotopic (exact) mass is 993 g/mol. The van der Waals surface area contributed by atoms with Crippen molar-refractivity contribution >= 4 is 17.9 Å². The summed E-state index contributed by atoms with van der Waals surface area (Å²) in [5.41, 5.74) is 0. The van der Waals surface area contributed by atoms with E-state index in [-0.39, 0.29) is 38.6 Å². The maximum atomic E-state index is 12.9. The van der Waals surface area contributed by atoms with Gasteiger partial charge in [0.15, 0.2) is 6.10 Å². The molecule has 9 heteroatoms. The maximum absolute atomic E-state index is 12.9. The summed E-state index contributed by atoms with van der Waals surface area (Å²) in [5, 5.41) is 9.70. The average Bonchev–Trinajstić information content (AvgIpc) is 3.34. The van der Waals surface area contributed by atoms with Crippen LogP contribution in [-0.4, -0.2) is 87.4 Å². The van der Waals surface area contributed by atoms with Gasteiger partial charge in [-0.05, 0) is 96.3 Å². The number of quaternary nitrogens is 1. The van der Waals surface area contributed by atoms with E-state index in [4.69, 9.17) is 18.9 Å². The number of carboxylic acid groups (broad SMARTS) is 1. The van der Waals surface area contributed by atoms with Crippen molar-refractivity contribution in [3.8, 4) is 0 Å². The fraction of sp³-hybridized carbons (Fsp3) is 0.694. The minimum absolute atomic E-state index is 0.179. The summed E-state index contributed by atoms with van der Waals surface area (Å²) in [7, 11) is 5.95. The molecule has 1 N–H and O–H groups in total. The quantitative estimate of drug-likeness (QED) is 0.0211. The zero-order valence-corrected chi connectivity index (χ0v) is 46.1. The molecule has 0 fully saturated rings. The van der Waals surface area contributed by atoms with E-state index in [2.05, 4.69) is 111 Å². The van der Waals surface area contributed by atoms with Crippen molar-refractivity contribution < 1.29 is 42.9 Å². The van der Waals surface area contributed by atoms with Crippen LogP contribution in [0.5, 0.6) is 0 Å². The molecule has 0 saturated carbocycles. The molecule has 0 aliphatic rings. The number of hydrogen-bond donors (Lipinski definition) is 1. The summed E-state index contributed by atoms with van der Waals surface area (Å²) in [4.78, 5) is 37.4. The first-order chi connectivity index (χ1) is 34.6. The third kappa shape index (κ3) is 53.8. The molecule has 9 nitrogen and oxygen atoms in total. The van der Waals surface area contributed by atoms with E-state index in [9.17, 15) is 19.5 Å². The fourth-order valence-corrected chi connectivity index (χ4v) is 7.46. The molecule has 0 rings (SSSR count). The first kappa shape index (κ1) is 67.2.